The van der Waals surface area contributed by atoms with Crippen LogP contribution < -0.4 is 10.2 Å². The molecule has 0 unspecified atom stereocenters. The smallest absolute Gasteiger partial charge is 0.240 e. The molecule has 4 rings (SSSR count). The molecular weight excluding hydrogens is 394 g/mol. The van der Waals surface area contributed by atoms with Crippen LogP contribution in [0.25, 0.3) is 0 Å². The van der Waals surface area contributed by atoms with Crippen LogP contribution in [0.2, 0.25) is 0 Å². The van der Waals surface area contributed by atoms with E-state index in [1.165, 1.54) is 11.1 Å². The van der Waals surface area contributed by atoms with E-state index in [-0.39, 0.29) is 0 Å². The lowest BCUT2D eigenvalue weighted by molar-refractivity contribution is 0.482. The van der Waals surface area contributed by atoms with E-state index in [4.69, 9.17) is 4.74 Å². The van der Waals surface area contributed by atoms with Gasteiger partial charge in [0.05, 0.1) is 6.21 Å². The van der Waals surface area contributed by atoms with Crippen LogP contribution in [0.3, 0.4) is 0 Å². The summed E-state index contributed by atoms with van der Waals surface area (Å²) in [5.41, 5.74) is 6.28. The number of hydrogen-bond donors (Lipinski definition) is 2. The van der Waals surface area contributed by atoms with Gasteiger partial charge in [0.2, 0.25) is 11.1 Å². The number of aromatic nitrogens is 3. The van der Waals surface area contributed by atoms with E-state index >= 15 is 0 Å². The fraction of sp³-hybridized carbons (Fsp3) is 0.0870. The van der Waals surface area contributed by atoms with E-state index in [1.54, 1.807) is 18.0 Å². The Hall–Kier alpha value is -3.58. The molecule has 0 spiro atoms. The number of benzene rings is 3. The van der Waals surface area contributed by atoms with Crippen molar-refractivity contribution in [2.45, 2.75) is 17.8 Å². The third-order valence-corrected chi connectivity index (χ3v) is 5.05. The number of rotatable bonds is 8. The molecule has 0 aliphatic rings. The number of anilines is 1. The first-order valence-corrected chi connectivity index (χ1v) is 10.5. The maximum absolute atomic E-state index is 5.84. The molecule has 0 aliphatic carbocycles. The number of nitrogens with one attached hydrogen (secondary N) is 2. The quantitative estimate of drug-likeness (QED) is 0.221. The fourth-order valence-corrected chi connectivity index (χ4v) is 3.50. The normalized spacial score (nSPS) is 11.0. The lowest BCUT2D eigenvalue weighted by atomic mass is 10.2. The Balaban J connectivity index is 1.31. The second-order valence-electron chi connectivity index (χ2n) is 6.60. The van der Waals surface area contributed by atoms with Crippen LogP contribution in [0, 0.1) is 6.92 Å². The van der Waals surface area contributed by atoms with Crippen LogP contribution >= 0.6 is 11.8 Å². The monoisotopic (exact) mass is 415 g/mol. The first kappa shape index (κ1) is 19.7. The van der Waals surface area contributed by atoms with Crippen molar-refractivity contribution in [3.05, 3.63) is 95.6 Å². The molecular formula is C23H21N5OS. The van der Waals surface area contributed by atoms with Crippen molar-refractivity contribution in [2.24, 2.45) is 5.10 Å². The zero-order valence-electron chi connectivity index (χ0n) is 16.4. The van der Waals surface area contributed by atoms with E-state index in [2.05, 4.69) is 56.9 Å². The number of para-hydroxylation sites is 1. The zero-order chi connectivity index (χ0) is 20.6. The van der Waals surface area contributed by atoms with Crippen molar-refractivity contribution < 1.29 is 4.74 Å². The number of aromatic amines is 1. The van der Waals surface area contributed by atoms with Crippen molar-refractivity contribution in [3.8, 4) is 11.5 Å². The van der Waals surface area contributed by atoms with Crippen LogP contribution in [-0.4, -0.2) is 21.4 Å². The molecule has 0 radical (unpaired) electrons. The highest BCUT2D eigenvalue weighted by Crippen LogP contribution is 2.22. The molecule has 7 heteroatoms. The van der Waals surface area contributed by atoms with Gasteiger partial charge < -0.3 is 4.74 Å². The number of nitrogens with zero attached hydrogens (tertiary/aromatic N) is 3. The predicted octanol–water partition coefficient (Wildman–Crippen LogP) is 5.64. The highest BCUT2D eigenvalue weighted by atomic mass is 32.2. The third kappa shape index (κ3) is 5.71. The first-order chi connectivity index (χ1) is 14.7. The summed E-state index contributed by atoms with van der Waals surface area (Å²) >= 11 is 1.57. The highest BCUT2D eigenvalue weighted by molar-refractivity contribution is 7.98. The van der Waals surface area contributed by atoms with Crippen LogP contribution in [0.15, 0.2) is 89.1 Å². The molecule has 0 amide bonds. The molecule has 0 atom stereocenters. The van der Waals surface area contributed by atoms with Gasteiger partial charge in [0.15, 0.2) is 0 Å². The van der Waals surface area contributed by atoms with E-state index in [1.807, 2.05) is 54.6 Å². The Morgan fingerprint density at radius 2 is 1.83 bits per heavy atom. The lowest BCUT2D eigenvalue weighted by Gasteiger charge is -2.05. The second kappa shape index (κ2) is 9.76. The molecule has 0 bridgehead atoms. The number of H-pyrrole nitrogens is 1. The summed E-state index contributed by atoms with van der Waals surface area (Å²) in [6, 6.07) is 25.8. The predicted molar refractivity (Wildman–Crippen MR) is 121 cm³/mol. The molecule has 3 aromatic carbocycles. The zero-order valence-corrected chi connectivity index (χ0v) is 17.3. The molecule has 6 nitrogen and oxygen atoms in total. The van der Waals surface area contributed by atoms with Crippen LogP contribution in [0.1, 0.15) is 16.7 Å². The Morgan fingerprint density at radius 1 is 1.00 bits per heavy atom. The van der Waals surface area contributed by atoms with E-state index in [9.17, 15) is 0 Å². The van der Waals surface area contributed by atoms with E-state index in [0.29, 0.717) is 11.1 Å². The van der Waals surface area contributed by atoms with Gasteiger partial charge in [-0.2, -0.15) is 10.1 Å². The molecule has 0 saturated heterocycles. The van der Waals surface area contributed by atoms with Gasteiger partial charge in [0.25, 0.3) is 0 Å². The van der Waals surface area contributed by atoms with Crippen molar-refractivity contribution in [2.75, 3.05) is 5.43 Å². The van der Waals surface area contributed by atoms with Crippen molar-refractivity contribution in [1.82, 2.24) is 15.2 Å². The minimum absolute atomic E-state index is 0.495. The summed E-state index contributed by atoms with van der Waals surface area (Å²) in [6.45, 7) is 2.09. The number of thioether (sulfide) groups is 1. The molecule has 150 valence electrons. The number of hydrazone groups is 1. The summed E-state index contributed by atoms with van der Waals surface area (Å²) < 4.78 is 5.84. The van der Waals surface area contributed by atoms with Gasteiger partial charge in [-0.15, -0.1) is 5.10 Å². The molecule has 2 N–H and O–H groups in total. The lowest BCUT2D eigenvalue weighted by Crippen LogP contribution is -1.93. The second-order valence-corrected chi connectivity index (χ2v) is 7.54. The molecule has 1 aromatic heterocycles. The number of hydrogen-bond acceptors (Lipinski definition) is 6. The van der Waals surface area contributed by atoms with Gasteiger partial charge in [-0.05, 0) is 42.3 Å². The molecule has 30 heavy (non-hydrogen) atoms. The highest BCUT2D eigenvalue weighted by Gasteiger charge is 2.04. The summed E-state index contributed by atoms with van der Waals surface area (Å²) in [7, 11) is 0. The molecule has 0 aliphatic heterocycles. The van der Waals surface area contributed by atoms with Crippen LogP contribution in [0.4, 0.5) is 5.95 Å². The van der Waals surface area contributed by atoms with Gasteiger partial charge in [-0.1, -0.05) is 71.9 Å². The number of aryl methyl sites for hydroxylation is 1. The number of ether oxygens (including phenoxy) is 1. The van der Waals surface area contributed by atoms with Gasteiger partial charge in [-0.25, -0.2) is 10.5 Å². The minimum atomic E-state index is 0.495. The Labute approximate surface area is 179 Å². The third-order valence-electron chi connectivity index (χ3n) is 4.14. The summed E-state index contributed by atoms with van der Waals surface area (Å²) in [5, 5.41) is 12.0. The topological polar surface area (TPSA) is 75.2 Å². The van der Waals surface area contributed by atoms with E-state index < -0.39 is 0 Å². The molecule has 0 fully saturated rings. The van der Waals surface area contributed by atoms with E-state index in [0.717, 1.165) is 22.8 Å². The maximum Gasteiger partial charge on any atom is 0.240 e. The van der Waals surface area contributed by atoms with Crippen LogP contribution in [-0.2, 0) is 5.75 Å². The Morgan fingerprint density at radius 3 is 2.70 bits per heavy atom. The summed E-state index contributed by atoms with van der Waals surface area (Å²) in [6.07, 6.45) is 1.71. The molecule has 0 saturated carbocycles. The first-order valence-electron chi connectivity index (χ1n) is 9.47. The Bertz CT molecular complexity index is 1130. The average molecular weight is 416 g/mol. The SMILES string of the molecule is Cc1cccc(CSc2n[nH]c(N/N=C\c3cccc(Oc4ccccc4)c3)n2)c1. The fourth-order valence-electron chi connectivity index (χ4n) is 2.76. The summed E-state index contributed by atoms with van der Waals surface area (Å²) in [4.78, 5) is 4.40. The Kier molecular flexibility index (Phi) is 6.41. The largest absolute Gasteiger partial charge is 0.457 e. The van der Waals surface area contributed by atoms with Crippen molar-refractivity contribution in [3.63, 3.8) is 0 Å². The van der Waals surface area contributed by atoms with Crippen molar-refractivity contribution in [1.29, 1.82) is 0 Å². The maximum atomic E-state index is 5.84. The standard InChI is InChI=1S/C23H21N5OS/c1-17-7-5-9-19(13-17)16-30-23-25-22(27-28-23)26-24-15-18-8-6-12-21(14-18)29-20-10-3-2-4-11-20/h2-15H,16H2,1H3,(H2,25,26,27,28)/b24-15-. The van der Waals surface area contributed by atoms with Crippen LogP contribution in [0.5, 0.6) is 11.5 Å². The average Bonchev–Trinajstić information content (AvgIpc) is 3.21. The summed E-state index contributed by atoms with van der Waals surface area (Å²) in [5.74, 6) is 2.85. The van der Waals surface area contributed by atoms with Gasteiger partial charge >= 0.3 is 0 Å². The molecule has 1 heterocycles. The van der Waals surface area contributed by atoms with Gasteiger partial charge in [-0.3, -0.25) is 0 Å². The minimum Gasteiger partial charge on any atom is -0.457 e. The van der Waals surface area contributed by atoms with Crippen molar-refractivity contribution >= 4 is 23.9 Å². The van der Waals surface area contributed by atoms with Gasteiger partial charge in [0, 0.05) is 5.75 Å². The van der Waals surface area contributed by atoms with Gasteiger partial charge in [0.1, 0.15) is 11.5 Å². The molecule has 4 aromatic rings.